The van der Waals surface area contributed by atoms with Crippen LogP contribution in [0.15, 0.2) is 0 Å². The molecule has 1 aliphatic rings. The summed E-state index contributed by atoms with van der Waals surface area (Å²) < 4.78 is 0. The van der Waals surface area contributed by atoms with Gasteiger partial charge in [-0.05, 0) is 25.2 Å². The summed E-state index contributed by atoms with van der Waals surface area (Å²) in [5.74, 6) is 0.871. The SMILES string of the molecule is CC(C)CCCCCCCCCC1(O)CCCCCC1. The third-order valence-corrected chi connectivity index (χ3v) is 4.96. The van der Waals surface area contributed by atoms with E-state index < -0.39 is 0 Å². The molecule has 1 N–H and O–H groups in total. The van der Waals surface area contributed by atoms with Crippen molar-refractivity contribution in [1.82, 2.24) is 0 Å². The van der Waals surface area contributed by atoms with E-state index in [9.17, 15) is 5.11 Å². The van der Waals surface area contributed by atoms with Gasteiger partial charge in [-0.3, -0.25) is 0 Å². The summed E-state index contributed by atoms with van der Waals surface area (Å²) in [6, 6.07) is 0. The Morgan fingerprint density at radius 1 is 0.750 bits per heavy atom. The van der Waals surface area contributed by atoms with E-state index in [1.54, 1.807) is 0 Å². The zero-order valence-electron chi connectivity index (χ0n) is 14.1. The van der Waals surface area contributed by atoms with Crippen molar-refractivity contribution >= 4 is 0 Å². The van der Waals surface area contributed by atoms with E-state index in [2.05, 4.69) is 13.8 Å². The molecule has 0 unspecified atom stereocenters. The number of rotatable bonds is 10. The molecule has 0 spiro atoms. The number of hydrogen-bond acceptors (Lipinski definition) is 1. The lowest BCUT2D eigenvalue weighted by Crippen LogP contribution is -2.27. The van der Waals surface area contributed by atoms with Crippen LogP contribution < -0.4 is 0 Å². The molecule has 20 heavy (non-hydrogen) atoms. The highest BCUT2D eigenvalue weighted by atomic mass is 16.3. The Hall–Kier alpha value is -0.0400. The Morgan fingerprint density at radius 2 is 1.25 bits per heavy atom. The van der Waals surface area contributed by atoms with Crippen LogP contribution in [0.25, 0.3) is 0 Å². The second kappa shape index (κ2) is 10.7. The normalized spacial score (nSPS) is 19.2. The van der Waals surface area contributed by atoms with E-state index in [1.807, 2.05) is 0 Å². The highest BCUT2D eigenvalue weighted by Crippen LogP contribution is 2.31. The van der Waals surface area contributed by atoms with Gasteiger partial charge in [0, 0.05) is 0 Å². The van der Waals surface area contributed by atoms with Crippen LogP contribution in [0.2, 0.25) is 0 Å². The first-order valence-corrected chi connectivity index (χ1v) is 9.35. The van der Waals surface area contributed by atoms with Crippen LogP contribution in [0.5, 0.6) is 0 Å². The topological polar surface area (TPSA) is 20.2 Å². The Labute approximate surface area is 127 Å². The van der Waals surface area contributed by atoms with Crippen molar-refractivity contribution in [2.45, 2.75) is 116 Å². The molecule has 120 valence electrons. The van der Waals surface area contributed by atoms with Gasteiger partial charge in [0.05, 0.1) is 5.60 Å². The van der Waals surface area contributed by atoms with Crippen LogP contribution in [0.1, 0.15) is 110 Å². The van der Waals surface area contributed by atoms with Crippen molar-refractivity contribution in [3.8, 4) is 0 Å². The van der Waals surface area contributed by atoms with Crippen molar-refractivity contribution < 1.29 is 5.11 Å². The van der Waals surface area contributed by atoms with Crippen molar-refractivity contribution in [1.29, 1.82) is 0 Å². The van der Waals surface area contributed by atoms with Gasteiger partial charge in [0.2, 0.25) is 0 Å². The molecular formula is C19H38O. The average Bonchev–Trinajstić information content (AvgIpc) is 2.62. The van der Waals surface area contributed by atoms with Crippen LogP contribution in [-0.4, -0.2) is 10.7 Å². The highest BCUT2D eigenvalue weighted by molar-refractivity contribution is 4.80. The number of unbranched alkanes of at least 4 members (excludes halogenated alkanes) is 6. The third-order valence-electron chi connectivity index (χ3n) is 4.96. The molecule has 0 saturated heterocycles. The van der Waals surface area contributed by atoms with Gasteiger partial charge in [-0.25, -0.2) is 0 Å². The lowest BCUT2D eigenvalue weighted by Gasteiger charge is -2.26. The zero-order chi connectivity index (χ0) is 14.7. The number of aliphatic hydroxyl groups is 1. The molecule has 1 heteroatoms. The van der Waals surface area contributed by atoms with E-state index in [0.29, 0.717) is 0 Å². The van der Waals surface area contributed by atoms with Gasteiger partial charge >= 0.3 is 0 Å². The molecule has 0 aliphatic heterocycles. The third kappa shape index (κ3) is 9.00. The van der Waals surface area contributed by atoms with Crippen LogP contribution in [0.3, 0.4) is 0 Å². The summed E-state index contributed by atoms with van der Waals surface area (Å²) in [5.41, 5.74) is -0.298. The molecule has 1 fully saturated rings. The lowest BCUT2D eigenvalue weighted by atomic mass is 9.88. The van der Waals surface area contributed by atoms with E-state index in [4.69, 9.17) is 0 Å². The van der Waals surface area contributed by atoms with Crippen LogP contribution in [0.4, 0.5) is 0 Å². The molecular weight excluding hydrogens is 244 g/mol. The van der Waals surface area contributed by atoms with Crippen molar-refractivity contribution in [2.75, 3.05) is 0 Å². The first kappa shape index (κ1) is 18.0. The standard InChI is InChI=1S/C19H38O/c1-18(2)14-10-6-4-3-5-7-11-15-19(20)16-12-8-9-13-17-19/h18,20H,3-17H2,1-2H3. The van der Waals surface area contributed by atoms with Crippen molar-refractivity contribution in [3.05, 3.63) is 0 Å². The molecule has 1 aliphatic carbocycles. The fraction of sp³-hybridized carbons (Fsp3) is 1.00. The summed E-state index contributed by atoms with van der Waals surface area (Å²) in [6.45, 7) is 4.64. The van der Waals surface area contributed by atoms with Gasteiger partial charge in [0.15, 0.2) is 0 Å². The van der Waals surface area contributed by atoms with Gasteiger partial charge in [-0.2, -0.15) is 0 Å². The van der Waals surface area contributed by atoms with E-state index in [0.717, 1.165) is 25.2 Å². The molecule has 0 aromatic heterocycles. The summed E-state index contributed by atoms with van der Waals surface area (Å²) in [7, 11) is 0. The maximum atomic E-state index is 10.6. The second-order valence-corrected chi connectivity index (χ2v) is 7.55. The monoisotopic (exact) mass is 282 g/mol. The van der Waals surface area contributed by atoms with E-state index >= 15 is 0 Å². The van der Waals surface area contributed by atoms with Gasteiger partial charge in [0.1, 0.15) is 0 Å². The summed E-state index contributed by atoms with van der Waals surface area (Å²) in [6.07, 6.45) is 19.3. The molecule has 0 aromatic rings. The predicted octanol–water partition coefficient (Wildman–Crippen LogP) is 6.24. The largest absolute Gasteiger partial charge is 0.390 e. The molecule has 1 rings (SSSR count). The smallest absolute Gasteiger partial charge is 0.0647 e. The molecule has 0 radical (unpaired) electrons. The minimum absolute atomic E-state index is 0.298. The van der Waals surface area contributed by atoms with Crippen LogP contribution in [0, 0.1) is 5.92 Å². The zero-order valence-corrected chi connectivity index (χ0v) is 14.1. The minimum atomic E-state index is -0.298. The molecule has 1 saturated carbocycles. The average molecular weight is 283 g/mol. The van der Waals surface area contributed by atoms with Crippen LogP contribution >= 0.6 is 0 Å². The van der Waals surface area contributed by atoms with Gasteiger partial charge in [-0.1, -0.05) is 90.9 Å². The fourth-order valence-electron chi connectivity index (χ4n) is 3.53. The summed E-state index contributed by atoms with van der Waals surface area (Å²) in [5, 5.41) is 10.6. The molecule has 0 atom stereocenters. The van der Waals surface area contributed by atoms with Gasteiger partial charge in [0.25, 0.3) is 0 Å². The van der Waals surface area contributed by atoms with Gasteiger partial charge in [-0.15, -0.1) is 0 Å². The van der Waals surface area contributed by atoms with Crippen molar-refractivity contribution in [3.63, 3.8) is 0 Å². The fourth-order valence-corrected chi connectivity index (χ4v) is 3.53. The maximum absolute atomic E-state index is 10.6. The summed E-state index contributed by atoms with van der Waals surface area (Å²) >= 11 is 0. The summed E-state index contributed by atoms with van der Waals surface area (Å²) in [4.78, 5) is 0. The Morgan fingerprint density at radius 3 is 1.80 bits per heavy atom. The quantitative estimate of drug-likeness (QED) is 0.371. The van der Waals surface area contributed by atoms with E-state index in [-0.39, 0.29) is 5.60 Å². The maximum Gasteiger partial charge on any atom is 0.0647 e. The van der Waals surface area contributed by atoms with E-state index in [1.165, 1.54) is 77.0 Å². The first-order valence-electron chi connectivity index (χ1n) is 9.35. The highest BCUT2D eigenvalue weighted by Gasteiger charge is 2.26. The molecule has 0 amide bonds. The predicted molar refractivity (Wildman–Crippen MR) is 89.0 cm³/mol. The molecule has 0 heterocycles. The Bertz CT molecular complexity index is 214. The first-order chi connectivity index (χ1) is 9.62. The Balaban J connectivity index is 1.91. The minimum Gasteiger partial charge on any atom is -0.390 e. The lowest BCUT2D eigenvalue weighted by molar-refractivity contribution is 0.0140. The van der Waals surface area contributed by atoms with Gasteiger partial charge < -0.3 is 5.11 Å². The Kier molecular flexibility index (Phi) is 9.59. The molecule has 0 aromatic carbocycles. The molecule has 0 bridgehead atoms. The van der Waals surface area contributed by atoms with Crippen molar-refractivity contribution in [2.24, 2.45) is 5.92 Å². The molecule has 1 nitrogen and oxygen atoms in total. The van der Waals surface area contributed by atoms with Crippen LogP contribution in [-0.2, 0) is 0 Å². The number of hydrogen-bond donors (Lipinski definition) is 1. The second-order valence-electron chi connectivity index (χ2n) is 7.55.